The fourth-order valence-corrected chi connectivity index (χ4v) is 0.829. The van der Waals surface area contributed by atoms with Crippen LogP contribution in [-0.2, 0) is 25.8 Å². The Morgan fingerprint density at radius 2 is 1.67 bits per heavy atom. The second-order valence-corrected chi connectivity index (χ2v) is 2.35. The summed E-state index contributed by atoms with van der Waals surface area (Å²) in [6.45, 7) is -0.0284. The van der Waals surface area contributed by atoms with Crippen molar-refractivity contribution in [3.63, 3.8) is 0 Å². The summed E-state index contributed by atoms with van der Waals surface area (Å²) >= 11 is 0. The third-order valence-corrected chi connectivity index (χ3v) is 1.54. The third-order valence-electron chi connectivity index (χ3n) is 1.54. The van der Waals surface area contributed by atoms with Crippen LogP contribution in [0.1, 0.15) is 0 Å². The Labute approximate surface area is 90.6 Å². The fourth-order valence-electron chi connectivity index (χ4n) is 0.829. The van der Waals surface area contributed by atoms with Crippen LogP contribution in [0, 0.1) is 0 Å². The second-order valence-electron chi connectivity index (χ2n) is 2.35. The Hall–Kier alpha value is 0.778. The molecule has 5 N–H and O–H groups in total. The first-order valence-corrected chi connectivity index (χ1v) is 3.04. The average Bonchev–Trinajstić information content (AvgIpc) is 1.93. The molecule has 7 heteroatoms. The number of hydrogen-bond acceptors (Lipinski definition) is 5. The fraction of sp³-hybridized carbons (Fsp3) is 1.00. The molecule has 0 bridgehead atoms. The van der Waals surface area contributed by atoms with Crippen molar-refractivity contribution in [3.05, 3.63) is 0 Å². The number of aliphatic hydroxyl groups excluding tert-OH is 3. The van der Waals surface area contributed by atoms with Crippen LogP contribution in [0.25, 0.3) is 0 Å². The van der Waals surface area contributed by atoms with Gasteiger partial charge in [-0.25, -0.2) is 0 Å². The van der Waals surface area contributed by atoms with Gasteiger partial charge in [-0.2, -0.15) is 0 Å². The van der Waals surface area contributed by atoms with Gasteiger partial charge in [0.25, 0.3) is 0 Å². The molecular formula is C5H12ClNO4Pt. The van der Waals surface area contributed by atoms with E-state index in [2.05, 4.69) is 0 Å². The normalized spacial score (nSPS) is 41.0. The second kappa shape index (κ2) is 6.27. The largest absolute Gasteiger partial charge is 0.388 e. The molecule has 1 heterocycles. The maximum atomic E-state index is 8.96. The number of nitrogens with two attached hydrogens (primary N) is 1. The maximum absolute atomic E-state index is 8.96. The first-order valence-electron chi connectivity index (χ1n) is 3.04. The summed E-state index contributed by atoms with van der Waals surface area (Å²) in [5, 5.41) is 26.8. The summed E-state index contributed by atoms with van der Waals surface area (Å²) in [7, 11) is 0. The summed E-state index contributed by atoms with van der Waals surface area (Å²) in [5.41, 5.74) is 5.19. The SMILES string of the molecule is Cl.NC1OC[C@@H](O)[C@@H](O)[C@@H]1O.[Pt]. The van der Waals surface area contributed by atoms with E-state index < -0.39 is 24.5 Å². The van der Waals surface area contributed by atoms with Crippen LogP contribution in [0.5, 0.6) is 0 Å². The van der Waals surface area contributed by atoms with E-state index in [1.165, 1.54) is 0 Å². The van der Waals surface area contributed by atoms with E-state index in [0.29, 0.717) is 0 Å². The van der Waals surface area contributed by atoms with Gasteiger partial charge in [-0.15, -0.1) is 12.4 Å². The average molecular weight is 381 g/mol. The van der Waals surface area contributed by atoms with Crippen LogP contribution in [0.3, 0.4) is 0 Å². The van der Waals surface area contributed by atoms with Crippen LogP contribution < -0.4 is 5.73 Å². The van der Waals surface area contributed by atoms with Gasteiger partial charge >= 0.3 is 0 Å². The van der Waals surface area contributed by atoms with Crippen molar-refractivity contribution < 1.29 is 41.1 Å². The quantitative estimate of drug-likeness (QED) is 0.383. The van der Waals surface area contributed by atoms with Gasteiger partial charge in [-0.05, 0) is 0 Å². The summed E-state index contributed by atoms with van der Waals surface area (Å²) in [6.07, 6.45) is -4.30. The minimum atomic E-state index is -1.19. The summed E-state index contributed by atoms with van der Waals surface area (Å²) in [4.78, 5) is 0. The molecule has 0 aromatic heterocycles. The molecule has 1 unspecified atom stereocenters. The molecule has 0 aliphatic carbocycles. The molecule has 0 spiro atoms. The van der Waals surface area contributed by atoms with Crippen molar-refractivity contribution in [2.75, 3.05) is 6.61 Å². The number of aliphatic hydroxyl groups is 3. The maximum Gasteiger partial charge on any atom is 0.134 e. The molecule has 12 heavy (non-hydrogen) atoms. The van der Waals surface area contributed by atoms with E-state index in [9.17, 15) is 0 Å². The minimum Gasteiger partial charge on any atom is -0.388 e. The van der Waals surface area contributed by atoms with Crippen LogP contribution in [0.4, 0.5) is 0 Å². The zero-order valence-corrected chi connectivity index (χ0v) is 9.16. The molecule has 0 radical (unpaired) electrons. The van der Waals surface area contributed by atoms with Crippen molar-refractivity contribution in [3.8, 4) is 0 Å². The molecule has 1 fully saturated rings. The molecule has 1 aliphatic heterocycles. The number of ether oxygens (including phenoxy) is 1. The molecule has 0 amide bonds. The zero-order valence-electron chi connectivity index (χ0n) is 6.07. The van der Waals surface area contributed by atoms with E-state index in [1.807, 2.05) is 0 Å². The van der Waals surface area contributed by atoms with Gasteiger partial charge in [-0.1, -0.05) is 0 Å². The van der Waals surface area contributed by atoms with Gasteiger partial charge in [0.05, 0.1) is 6.61 Å². The minimum absolute atomic E-state index is 0. The molecule has 78 valence electrons. The first-order chi connectivity index (χ1) is 4.63. The van der Waals surface area contributed by atoms with Gasteiger partial charge in [0.1, 0.15) is 24.5 Å². The Kier molecular flexibility index (Phi) is 7.97. The van der Waals surface area contributed by atoms with Gasteiger partial charge in [0.2, 0.25) is 0 Å². The molecule has 0 saturated carbocycles. The Bertz CT molecular complexity index is 116. The molecule has 0 aromatic carbocycles. The molecule has 1 rings (SSSR count). The van der Waals surface area contributed by atoms with Gasteiger partial charge in [0.15, 0.2) is 0 Å². The van der Waals surface area contributed by atoms with Crippen molar-refractivity contribution in [1.82, 2.24) is 0 Å². The molecule has 5 nitrogen and oxygen atoms in total. The Morgan fingerprint density at radius 1 is 1.17 bits per heavy atom. The molecule has 4 atom stereocenters. The molecule has 1 aliphatic rings. The first kappa shape index (κ1) is 15.3. The standard InChI is InChI=1S/C5H11NO4.ClH.Pt/c6-5-4(9)3(8)2(7)1-10-5;;/h2-5,7-9H,1,6H2;1H;/t2-,3-,4+,5?;;/m1../s1. The topological polar surface area (TPSA) is 95.9 Å². The smallest absolute Gasteiger partial charge is 0.134 e. The van der Waals surface area contributed by atoms with E-state index in [-0.39, 0.29) is 40.1 Å². The van der Waals surface area contributed by atoms with Crippen molar-refractivity contribution >= 4 is 12.4 Å². The van der Waals surface area contributed by atoms with E-state index in [1.54, 1.807) is 0 Å². The van der Waals surface area contributed by atoms with Crippen molar-refractivity contribution in [2.24, 2.45) is 5.73 Å². The Balaban J connectivity index is 0. The summed E-state index contributed by atoms with van der Waals surface area (Å²) in [6, 6.07) is 0. The van der Waals surface area contributed by atoms with Gasteiger partial charge in [0, 0.05) is 21.1 Å². The summed E-state index contributed by atoms with van der Waals surface area (Å²) in [5.74, 6) is 0. The van der Waals surface area contributed by atoms with Gasteiger partial charge in [-0.3, -0.25) is 0 Å². The van der Waals surface area contributed by atoms with Crippen LogP contribution >= 0.6 is 12.4 Å². The number of rotatable bonds is 0. The third kappa shape index (κ3) is 3.26. The van der Waals surface area contributed by atoms with Crippen molar-refractivity contribution in [1.29, 1.82) is 0 Å². The Morgan fingerprint density at radius 3 is 2.08 bits per heavy atom. The monoisotopic (exact) mass is 380 g/mol. The van der Waals surface area contributed by atoms with Crippen LogP contribution in [-0.4, -0.2) is 46.5 Å². The summed E-state index contributed by atoms with van der Waals surface area (Å²) < 4.78 is 4.69. The molecule has 1 saturated heterocycles. The van der Waals surface area contributed by atoms with Crippen molar-refractivity contribution in [2.45, 2.75) is 24.5 Å². The van der Waals surface area contributed by atoms with Gasteiger partial charge < -0.3 is 25.8 Å². The number of hydrogen-bond donors (Lipinski definition) is 4. The predicted octanol–water partition coefficient (Wildman–Crippen LogP) is -2.20. The van der Waals surface area contributed by atoms with Crippen LogP contribution in [0.2, 0.25) is 0 Å². The van der Waals surface area contributed by atoms with E-state index in [4.69, 9.17) is 25.8 Å². The molecular weight excluding hydrogens is 369 g/mol. The molecule has 0 aromatic rings. The number of halogens is 1. The van der Waals surface area contributed by atoms with E-state index in [0.717, 1.165) is 0 Å². The van der Waals surface area contributed by atoms with E-state index >= 15 is 0 Å². The van der Waals surface area contributed by atoms with Crippen LogP contribution in [0.15, 0.2) is 0 Å². The zero-order chi connectivity index (χ0) is 7.72. The predicted molar refractivity (Wildman–Crippen MR) is 39.2 cm³/mol.